The van der Waals surface area contributed by atoms with Crippen molar-refractivity contribution in [3.05, 3.63) is 107 Å². The highest BCUT2D eigenvalue weighted by molar-refractivity contribution is 5.88. The van der Waals surface area contributed by atoms with Crippen molar-refractivity contribution in [2.45, 2.75) is 19.4 Å². The van der Waals surface area contributed by atoms with Crippen LogP contribution >= 0.6 is 0 Å². The predicted octanol–water partition coefficient (Wildman–Crippen LogP) is 6.99. The number of aryl methyl sites for hydroxylation is 2. The molecule has 0 saturated carbocycles. The van der Waals surface area contributed by atoms with Gasteiger partial charge in [0.2, 0.25) is 0 Å². The maximum absolute atomic E-state index is 15.0. The summed E-state index contributed by atoms with van der Waals surface area (Å²) in [4.78, 5) is 0. The molecule has 0 amide bonds. The van der Waals surface area contributed by atoms with Crippen LogP contribution in [0.3, 0.4) is 0 Å². The summed E-state index contributed by atoms with van der Waals surface area (Å²) in [7, 11) is 1.45. The van der Waals surface area contributed by atoms with Crippen LogP contribution in [0.5, 0.6) is 0 Å². The van der Waals surface area contributed by atoms with Crippen LogP contribution in [-0.4, -0.2) is 7.11 Å². The van der Waals surface area contributed by atoms with Crippen molar-refractivity contribution in [2.75, 3.05) is 7.11 Å². The fraction of sp³-hybridized carbons (Fsp3) is 0.154. The second-order valence-corrected chi connectivity index (χ2v) is 7.47. The molecule has 0 radical (unpaired) electrons. The summed E-state index contributed by atoms with van der Waals surface area (Å²) in [6.07, 6.45) is 1.03. The van der Waals surface area contributed by atoms with Gasteiger partial charge >= 0.3 is 0 Å². The lowest BCUT2D eigenvalue weighted by molar-refractivity contribution is 0.184. The summed E-state index contributed by atoms with van der Waals surface area (Å²) in [5.74, 6) is -2.05. The van der Waals surface area contributed by atoms with Gasteiger partial charge in [-0.1, -0.05) is 36.4 Å². The number of fused-ring (bicyclic) bond motifs is 1. The Kier molecular flexibility index (Phi) is 6.05. The molecule has 0 aliphatic rings. The molecule has 0 atom stereocenters. The second kappa shape index (κ2) is 8.90. The van der Waals surface area contributed by atoms with E-state index in [1.165, 1.54) is 37.4 Å². The van der Waals surface area contributed by atoms with Crippen LogP contribution in [0.25, 0.3) is 21.9 Å². The van der Waals surface area contributed by atoms with Gasteiger partial charge in [-0.2, -0.15) is 0 Å². The lowest BCUT2D eigenvalue weighted by atomic mass is 9.96. The molecular formula is C26H20F4O. The van der Waals surface area contributed by atoms with Gasteiger partial charge in [-0.25, -0.2) is 17.6 Å². The normalized spacial score (nSPS) is 11.3. The molecule has 0 heterocycles. The Morgan fingerprint density at radius 1 is 0.710 bits per heavy atom. The summed E-state index contributed by atoms with van der Waals surface area (Å²) in [5, 5.41) is 0.942. The molecule has 1 nitrogen and oxygen atoms in total. The van der Waals surface area contributed by atoms with E-state index in [4.69, 9.17) is 4.74 Å². The van der Waals surface area contributed by atoms with Crippen LogP contribution in [0, 0.1) is 23.3 Å². The summed E-state index contributed by atoms with van der Waals surface area (Å²) in [5.41, 5.74) is 2.04. The van der Waals surface area contributed by atoms with Gasteiger partial charge in [-0.05, 0) is 70.8 Å². The molecule has 0 saturated heterocycles. The molecule has 0 aliphatic heterocycles. The van der Waals surface area contributed by atoms with E-state index in [2.05, 4.69) is 0 Å². The van der Waals surface area contributed by atoms with Gasteiger partial charge in [0.05, 0.1) is 12.2 Å². The number of hydrogen-bond acceptors (Lipinski definition) is 1. The van der Waals surface area contributed by atoms with Crippen molar-refractivity contribution in [1.82, 2.24) is 0 Å². The lowest BCUT2D eigenvalue weighted by Gasteiger charge is -2.11. The van der Waals surface area contributed by atoms with Crippen LogP contribution in [0.4, 0.5) is 17.6 Å². The van der Waals surface area contributed by atoms with E-state index in [1.807, 2.05) is 0 Å². The molecule has 0 fully saturated rings. The SMILES string of the molecule is COCc1cc(F)c(-c2ccc3c(F)c(CCc4ccc(F)cc4)ccc3c2)c(F)c1. The lowest BCUT2D eigenvalue weighted by Crippen LogP contribution is -1.98. The number of hydrogen-bond donors (Lipinski definition) is 0. The molecule has 4 rings (SSSR count). The van der Waals surface area contributed by atoms with Crippen molar-refractivity contribution < 1.29 is 22.3 Å². The van der Waals surface area contributed by atoms with Crippen LogP contribution in [0.2, 0.25) is 0 Å². The molecule has 4 aromatic carbocycles. The maximum atomic E-state index is 15.0. The zero-order valence-electron chi connectivity index (χ0n) is 16.9. The minimum absolute atomic E-state index is 0.109. The molecule has 0 aliphatic carbocycles. The first-order valence-electron chi connectivity index (χ1n) is 9.89. The van der Waals surface area contributed by atoms with E-state index in [0.29, 0.717) is 40.3 Å². The Morgan fingerprint density at radius 2 is 1.42 bits per heavy atom. The smallest absolute Gasteiger partial charge is 0.134 e. The molecule has 0 bridgehead atoms. The zero-order chi connectivity index (χ0) is 22.0. The standard InChI is InChI=1S/C26H20F4O/c1-31-15-17-12-23(28)25(24(29)13-17)20-8-11-22-19(14-20)7-6-18(26(22)30)5-2-16-3-9-21(27)10-4-16/h3-4,6-14H,2,5,15H2,1H3. The first kappa shape index (κ1) is 21.1. The third-order valence-corrected chi connectivity index (χ3v) is 5.33. The fourth-order valence-electron chi connectivity index (χ4n) is 3.77. The first-order chi connectivity index (χ1) is 15.0. The molecule has 158 valence electrons. The van der Waals surface area contributed by atoms with E-state index in [0.717, 1.165) is 5.56 Å². The average molecular weight is 424 g/mol. The third-order valence-electron chi connectivity index (χ3n) is 5.33. The van der Waals surface area contributed by atoms with E-state index in [1.54, 1.807) is 36.4 Å². The third kappa shape index (κ3) is 4.47. The predicted molar refractivity (Wildman–Crippen MR) is 114 cm³/mol. The number of benzene rings is 4. The van der Waals surface area contributed by atoms with Crippen molar-refractivity contribution >= 4 is 10.8 Å². The van der Waals surface area contributed by atoms with Crippen LogP contribution in [0.15, 0.2) is 66.7 Å². The van der Waals surface area contributed by atoms with Crippen molar-refractivity contribution in [3.63, 3.8) is 0 Å². The molecular weight excluding hydrogens is 404 g/mol. The van der Waals surface area contributed by atoms with Gasteiger partial charge in [0.15, 0.2) is 0 Å². The van der Waals surface area contributed by atoms with Crippen molar-refractivity contribution in [3.8, 4) is 11.1 Å². The second-order valence-electron chi connectivity index (χ2n) is 7.47. The van der Waals surface area contributed by atoms with Gasteiger partial charge in [-0.3, -0.25) is 0 Å². The summed E-state index contributed by atoms with van der Waals surface area (Å²) < 4.78 is 62.1. The van der Waals surface area contributed by atoms with Gasteiger partial charge in [0, 0.05) is 12.5 Å². The average Bonchev–Trinajstić information content (AvgIpc) is 2.74. The first-order valence-corrected chi connectivity index (χ1v) is 9.89. The number of ether oxygens (including phenoxy) is 1. The largest absolute Gasteiger partial charge is 0.380 e. The molecule has 4 aromatic rings. The summed E-state index contributed by atoms with van der Waals surface area (Å²) >= 11 is 0. The Bertz CT molecular complexity index is 1210. The van der Waals surface area contributed by atoms with E-state index in [-0.39, 0.29) is 23.8 Å². The van der Waals surface area contributed by atoms with Gasteiger partial charge in [-0.15, -0.1) is 0 Å². The number of rotatable bonds is 6. The van der Waals surface area contributed by atoms with Gasteiger partial charge in [0.1, 0.15) is 23.3 Å². The number of halogens is 4. The highest BCUT2D eigenvalue weighted by atomic mass is 19.1. The highest BCUT2D eigenvalue weighted by Crippen LogP contribution is 2.32. The van der Waals surface area contributed by atoms with Crippen LogP contribution in [0.1, 0.15) is 16.7 Å². The van der Waals surface area contributed by atoms with Crippen LogP contribution in [-0.2, 0) is 24.2 Å². The monoisotopic (exact) mass is 424 g/mol. The van der Waals surface area contributed by atoms with Crippen molar-refractivity contribution in [2.24, 2.45) is 0 Å². The Labute approximate surface area is 177 Å². The quantitative estimate of drug-likeness (QED) is 0.303. The van der Waals surface area contributed by atoms with E-state index >= 15 is 4.39 Å². The Balaban J connectivity index is 1.63. The zero-order valence-corrected chi connectivity index (χ0v) is 16.9. The molecule has 0 N–H and O–H groups in total. The molecule has 31 heavy (non-hydrogen) atoms. The van der Waals surface area contributed by atoms with Crippen molar-refractivity contribution in [1.29, 1.82) is 0 Å². The maximum Gasteiger partial charge on any atom is 0.134 e. The summed E-state index contributed by atoms with van der Waals surface area (Å²) in [6, 6.07) is 16.7. The fourth-order valence-corrected chi connectivity index (χ4v) is 3.77. The minimum atomic E-state index is -0.692. The topological polar surface area (TPSA) is 9.23 Å². The Hall–Kier alpha value is -3.18. The molecule has 0 spiro atoms. The molecule has 0 aromatic heterocycles. The summed E-state index contributed by atoms with van der Waals surface area (Å²) in [6.45, 7) is 0.109. The molecule has 0 unspecified atom stereocenters. The number of methoxy groups -OCH3 is 1. The molecule has 5 heteroatoms. The van der Waals surface area contributed by atoms with Gasteiger partial charge in [0.25, 0.3) is 0 Å². The van der Waals surface area contributed by atoms with E-state index in [9.17, 15) is 13.2 Å². The highest BCUT2D eigenvalue weighted by Gasteiger charge is 2.15. The minimum Gasteiger partial charge on any atom is -0.380 e. The van der Waals surface area contributed by atoms with E-state index < -0.39 is 11.6 Å². The Morgan fingerprint density at radius 3 is 2.10 bits per heavy atom. The van der Waals surface area contributed by atoms with Gasteiger partial charge < -0.3 is 4.74 Å². The van der Waals surface area contributed by atoms with Crippen LogP contribution < -0.4 is 0 Å².